The number of ether oxygens (including phenoxy) is 1. The van der Waals surface area contributed by atoms with Gasteiger partial charge in [0.2, 0.25) is 5.52 Å². The monoisotopic (exact) mass is 279 g/mol. The van der Waals surface area contributed by atoms with E-state index in [0.717, 1.165) is 0 Å². The molecule has 1 atom stereocenters. The number of esters is 1. The first-order valence-electron chi connectivity index (χ1n) is 5.97. The number of carbonyl (C=O) groups is 1. The molecular formula is C12H13N3O5. The summed E-state index contributed by atoms with van der Waals surface area (Å²) in [5, 5.41) is 10.6. The molecule has 0 radical (unpaired) electrons. The number of benzene rings is 1. The van der Waals surface area contributed by atoms with Crippen LogP contribution in [0.15, 0.2) is 22.6 Å². The van der Waals surface area contributed by atoms with Crippen molar-refractivity contribution in [3.8, 4) is 0 Å². The highest BCUT2D eigenvalue weighted by molar-refractivity contribution is 5.75. The van der Waals surface area contributed by atoms with Gasteiger partial charge in [0, 0.05) is 15.9 Å². The molecule has 0 saturated heterocycles. The van der Waals surface area contributed by atoms with E-state index in [-0.39, 0.29) is 6.42 Å². The smallest absolute Gasteiger partial charge is 0.466 e. The maximum Gasteiger partial charge on any atom is 0.546 e. The molecule has 1 aromatic heterocycles. The van der Waals surface area contributed by atoms with Gasteiger partial charge in [-0.15, -0.1) is 0 Å². The third kappa shape index (κ3) is 2.91. The van der Waals surface area contributed by atoms with Crippen LogP contribution in [-0.2, 0) is 9.53 Å². The molecule has 1 unspecified atom stereocenters. The number of aromatic nitrogens is 1. The highest BCUT2D eigenvalue weighted by atomic mass is 16.7. The molecule has 8 heteroatoms. The van der Waals surface area contributed by atoms with E-state index in [2.05, 4.69) is 4.98 Å². The zero-order valence-electron chi connectivity index (χ0n) is 10.7. The molecule has 20 heavy (non-hydrogen) atoms. The van der Waals surface area contributed by atoms with Crippen molar-refractivity contribution in [2.75, 3.05) is 6.61 Å². The molecular weight excluding hydrogens is 266 g/mol. The molecule has 0 amide bonds. The number of hydrogen-bond acceptors (Lipinski definition) is 7. The standard InChI is InChI=1S/C12H13N3O5/c1-2-19-11(16)6-8(13)7-3-4-10-9(5-7)14-12(20-10)15(17)18/h3-5,8H,2,6,13H2,1H3. The van der Waals surface area contributed by atoms with E-state index >= 15 is 0 Å². The lowest BCUT2D eigenvalue weighted by atomic mass is 10.0. The number of carbonyl (C=O) groups excluding carboxylic acids is 1. The molecule has 1 aromatic carbocycles. The maximum atomic E-state index is 11.4. The zero-order chi connectivity index (χ0) is 14.7. The Hall–Kier alpha value is -2.48. The highest BCUT2D eigenvalue weighted by Gasteiger charge is 2.20. The topological polar surface area (TPSA) is 121 Å². The predicted molar refractivity (Wildman–Crippen MR) is 68.8 cm³/mol. The van der Waals surface area contributed by atoms with Gasteiger partial charge < -0.3 is 25.0 Å². The second-order valence-corrected chi connectivity index (χ2v) is 4.10. The van der Waals surface area contributed by atoms with Crippen molar-refractivity contribution in [3.05, 3.63) is 33.9 Å². The summed E-state index contributed by atoms with van der Waals surface area (Å²) in [5.41, 5.74) is 7.15. The van der Waals surface area contributed by atoms with Gasteiger partial charge in [0.05, 0.1) is 13.0 Å². The van der Waals surface area contributed by atoms with Gasteiger partial charge in [-0.05, 0) is 24.6 Å². The van der Waals surface area contributed by atoms with Crippen LogP contribution in [-0.4, -0.2) is 22.5 Å². The van der Waals surface area contributed by atoms with Crippen LogP contribution in [0.2, 0.25) is 0 Å². The molecule has 106 valence electrons. The van der Waals surface area contributed by atoms with Gasteiger partial charge in [0.15, 0.2) is 5.58 Å². The Morgan fingerprint density at radius 1 is 1.60 bits per heavy atom. The van der Waals surface area contributed by atoms with Crippen LogP contribution in [0.5, 0.6) is 0 Å². The number of oxazole rings is 1. The quantitative estimate of drug-likeness (QED) is 0.502. The summed E-state index contributed by atoms with van der Waals surface area (Å²) in [6.45, 7) is 2.00. The number of nitrogens with two attached hydrogens (primary N) is 1. The number of nitro groups is 1. The van der Waals surface area contributed by atoms with Gasteiger partial charge in [-0.25, -0.2) is 0 Å². The summed E-state index contributed by atoms with van der Waals surface area (Å²) in [4.78, 5) is 25.0. The Morgan fingerprint density at radius 2 is 2.35 bits per heavy atom. The molecule has 1 heterocycles. The lowest BCUT2D eigenvalue weighted by Gasteiger charge is -2.10. The van der Waals surface area contributed by atoms with Crippen LogP contribution in [0.1, 0.15) is 24.9 Å². The number of hydrogen-bond donors (Lipinski definition) is 1. The third-order valence-electron chi connectivity index (χ3n) is 2.68. The molecule has 8 nitrogen and oxygen atoms in total. The van der Waals surface area contributed by atoms with Gasteiger partial charge in [-0.1, -0.05) is 6.07 Å². The van der Waals surface area contributed by atoms with E-state index in [1.165, 1.54) is 6.07 Å². The van der Waals surface area contributed by atoms with E-state index < -0.39 is 22.9 Å². The summed E-state index contributed by atoms with van der Waals surface area (Å²) >= 11 is 0. The maximum absolute atomic E-state index is 11.4. The number of rotatable bonds is 5. The lowest BCUT2D eigenvalue weighted by molar-refractivity contribution is -0.406. The van der Waals surface area contributed by atoms with Gasteiger partial charge in [-0.3, -0.25) is 4.79 Å². The largest absolute Gasteiger partial charge is 0.546 e. The molecule has 0 aliphatic carbocycles. The van der Waals surface area contributed by atoms with Crippen molar-refractivity contribution in [2.45, 2.75) is 19.4 Å². The van der Waals surface area contributed by atoms with Gasteiger partial charge in [-0.2, -0.15) is 0 Å². The molecule has 2 N–H and O–H groups in total. The van der Waals surface area contributed by atoms with Crippen molar-refractivity contribution in [1.29, 1.82) is 0 Å². The van der Waals surface area contributed by atoms with Crippen LogP contribution >= 0.6 is 0 Å². The van der Waals surface area contributed by atoms with Crippen molar-refractivity contribution >= 4 is 23.1 Å². The Bertz CT molecular complexity index is 652. The normalized spacial score (nSPS) is 12.3. The van der Waals surface area contributed by atoms with Crippen molar-refractivity contribution in [2.24, 2.45) is 5.73 Å². The molecule has 2 aromatic rings. The summed E-state index contributed by atoms with van der Waals surface area (Å²) in [7, 11) is 0. The predicted octanol–water partition coefficient (Wildman–Crippen LogP) is 1.69. The van der Waals surface area contributed by atoms with E-state index in [4.69, 9.17) is 14.9 Å². The Morgan fingerprint density at radius 3 is 3.00 bits per heavy atom. The first-order chi connectivity index (χ1) is 9.51. The Kier molecular flexibility index (Phi) is 3.94. The molecule has 0 bridgehead atoms. The van der Waals surface area contributed by atoms with Crippen molar-refractivity contribution < 1.29 is 18.9 Å². The fraction of sp³-hybridized carbons (Fsp3) is 0.333. The van der Waals surface area contributed by atoms with E-state index in [1.807, 2.05) is 0 Å². The van der Waals surface area contributed by atoms with E-state index in [1.54, 1.807) is 19.1 Å². The molecule has 0 fully saturated rings. The zero-order valence-corrected chi connectivity index (χ0v) is 10.7. The van der Waals surface area contributed by atoms with Crippen LogP contribution in [0.25, 0.3) is 11.1 Å². The molecule has 0 aliphatic heterocycles. The number of fused-ring (bicyclic) bond motifs is 1. The molecule has 2 rings (SSSR count). The third-order valence-corrected chi connectivity index (χ3v) is 2.68. The summed E-state index contributed by atoms with van der Waals surface area (Å²) in [6.07, 6.45) is 0.0271. The molecule has 0 aliphatic rings. The van der Waals surface area contributed by atoms with Crippen LogP contribution in [0, 0.1) is 10.1 Å². The van der Waals surface area contributed by atoms with Crippen LogP contribution in [0.3, 0.4) is 0 Å². The Labute approximate surface area is 113 Å². The van der Waals surface area contributed by atoms with Gasteiger partial charge >= 0.3 is 12.0 Å². The minimum atomic E-state index is -0.710. The minimum absolute atomic E-state index is 0.0271. The van der Waals surface area contributed by atoms with Gasteiger partial charge in [0.25, 0.3) is 0 Å². The Balaban J connectivity index is 2.22. The summed E-state index contributed by atoms with van der Waals surface area (Å²) < 4.78 is 9.76. The van der Waals surface area contributed by atoms with Crippen molar-refractivity contribution in [1.82, 2.24) is 4.98 Å². The van der Waals surface area contributed by atoms with Gasteiger partial charge in [0.1, 0.15) is 0 Å². The van der Waals surface area contributed by atoms with E-state index in [0.29, 0.717) is 23.3 Å². The molecule has 0 saturated carbocycles. The second-order valence-electron chi connectivity index (χ2n) is 4.10. The first-order valence-corrected chi connectivity index (χ1v) is 5.97. The average molecular weight is 279 g/mol. The SMILES string of the molecule is CCOC(=O)CC(N)c1ccc2oc([N+](=O)[O-])nc2c1. The summed E-state index contributed by atoms with van der Waals surface area (Å²) in [5.74, 6) is -0.397. The van der Waals surface area contributed by atoms with Crippen molar-refractivity contribution in [3.63, 3.8) is 0 Å². The second kappa shape index (κ2) is 5.66. The highest BCUT2D eigenvalue weighted by Crippen LogP contribution is 2.24. The summed E-state index contributed by atoms with van der Waals surface area (Å²) in [6, 6.07) is 3.61. The van der Waals surface area contributed by atoms with E-state index in [9.17, 15) is 14.9 Å². The fourth-order valence-electron chi connectivity index (χ4n) is 1.76. The fourth-order valence-corrected chi connectivity index (χ4v) is 1.76. The number of nitrogens with zero attached hydrogens (tertiary/aromatic N) is 2. The molecule has 0 spiro atoms. The van der Waals surface area contributed by atoms with Crippen LogP contribution < -0.4 is 5.73 Å². The minimum Gasteiger partial charge on any atom is -0.466 e. The average Bonchev–Trinajstić information content (AvgIpc) is 2.81. The lowest BCUT2D eigenvalue weighted by Crippen LogP contribution is -2.17. The van der Waals surface area contributed by atoms with Crippen LogP contribution in [0.4, 0.5) is 6.01 Å². The first kappa shape index (κ1) is 13.9.